The Hall–Kier alpha value is -2.63. The van der Waals surface area contributed by atoms with Crippen LogP contribution in [0.4, 0.5) is 5.69 Å². The Morgan fingerprint density at radius 2 is 2.00 bits per heavy atom. The average molecular weight is 260 g/mol. The largest absolute Gasteiger partial charge is 0.464 e. The van der Waals surface area contributed by atoms with Crippen LogP contribution in [-0.2, 0) is 11.3 Å². The summed E-state index contributed by atoms with van der Waals surface area (Å²) in [5, 5.41) is 10.9. The van der Waals surface area contributed by atoms with Gasteiger partial charge in [-0.1, -0.05) is 30.3 Å². The highest BCUT2D eigenvalue weighted by molar-refractivity contribution is 5.92. The van der Waals surface area contributed by atoms with E-state index in [0.717, 1.165) is 5.56 Å². The lowest BCUT2D eigenvalue weighted by Gasteiger charge is -2.07. The minimum Gasteiger partial charge on any atom is -0.464 e. The lowest BCUT2D eigenvalue weighted by Crippen LogP contribution is -2.12. The highest BCUT2D eigenvalue weighted by Gasteiger charge is 2.25. The van der Waals surface area contributed by atoms with Crippen LogP contribution in [0.15, 0.2) is 42.6 Å². The molecule has 2 rings (SSSR count). The molecule has 1 heterocycles. The topological polar surface area (TPSA) is 74.4 Å². The van der Waals surface area contributed by atoms with E-state index in [4.69, 9.17) is 0 Å². The third-order valence-corrected chi connectivity index (χ3v) is 2.71. The molecule has 6 nitrogen and oxygen atoms in total. The van der Waals surface area contributed by atoms with Crippen LogP contribution in [-0.4, -0.2) is 22.6 Å². The summed E-state index contributed by atoms with van der Waals surface area (Å²) >= 11 is 0. The lowest BCUT2D eigenvalue weighted by atomic mass is 10.2. The molecule has 19 heavy (non-hydrogen) atoms. The van der Waals surface area contributed by atoms with Crippen LogP contribution >= 0.6 is 0 Å². The zero-order chi connectivity index (χ0) is 13.8. The second kappa shape index (κ2) is 5.34. The quantitative estimate of drug-likeness (QED) is 0.480. The third-order valence-electron chi connectivity index (χ3n) is 2.71. The Labute approximate surface area is 109 Å². The summed E-state index contributed by atoms with van der Waals surface area (Å²) in [5.41, 5.74) is 0.650. The number of esters is 1. The van der Waals surface area contributed by atoms with Gasteiger partial charge in [0, 0.05) is 18.8 Å². The Morgan fingerprint density at radius 3 is 2.58 bits per heavy atom. The third kappa shape index (κ3) is 2.62. The van der Waals surface area contributed by atoms with Crippen LogP contribution in [0.25, 0.3) is 0 Å². The van der Waals surface area contributed by atoms with Gasteiger partial charge in [0.25, 0.3) is 0 Å². The highest BCUT2D eigenvalue weighted by Crippen LogP contribution is 2.21. The molecule has 1 aromatic heterocycles. The fourth-order valence-electron chi connectivity index (χ4n) is 1.84. The molecule has 0 radical (unpaired) electrons. The fourth-order valence-corrected chi connectivity index (χ4v) is 1.84. The van der Waals surface area contributed by atoms with Gasteiger partial charge in [0.15, 0.2) is 0 Å². The predicted molar refractivity (Wildman–Crippen MR) is 68.0 cm³/mol. The van der Waals surface area contributed by atoms with Crippen LogP contribution in [0.3, 0.4) is 0 Å². The fraction of sp³-hybridized carbons (Fsp3) is 0.154. The Kier molecular flexibility index (Phi) is 3.61. The number of nitro groups is 1. The standard InChI is InChI=1S/C13H12N2O4/c1-19-13(16)12-11(15(17)18)7-8-14(12)9-10-5-3-2-4-6-10/h2-8H,9H2,1H3. The van der Waals surface area contributed by atoms with E-state index < -0.39 is 10.9 Å². The van der Waals surface area contributed by atoms with Crippen molar-refractivity contribution in [1.82, 2.24) is 4.57 Å². The first-order valence-electron chi connectivity index (χ1n) is 5.59. The molecular weight excluding hydrogens is 248 g/mol. The summed E-state index contributed by atoms with van der Waals surface area (Å²) in [6, 6.07) is 10.7. The maximum atomic E-state index is 11.7. The van der Waals surface area contributed by atoms with Gasteiger partial charge >= 0.3 is 11.7 Å². The van der Waals surface area contributed by atoms with Crippen LogP contribution in [0.1, 0.15) is 16.1 Å². The molecule has 0 atom stereocenters. The van der Waals surface area contributed by atoms with Gasteiger partial charge in [-0.2, -0.15) is 0 Å². The van der Waals surface area contributed by atoms with E-state index in [2.05, 4.69) is 4.74 Å². The van der Waals surface area contributed by atoms with E-state index in [1.54, 1.807) is 0 Å². The van der Waals surface area contributed by atoms with Gasteiger partial charge in [-0.15, -0.1) is 0 Å². The van der Waals surface area contributed by atoms with E-state index in [-0.39, 0.29) is 11.4 Å². The molecule has 0 spiro atoms. The molecule has 0 bridgehead atoms. The number of hydrogen-bond acceptors (Lipinski definition) is 4. The molecule has 6 heteroatoms. The minimum absolute atomic E-state index is 0.0450. The van der Waals surface area contributed by atoms with Crippen LogP contribution < -0.4 is 0 Å². The van der Waals surface area contributed by atoms with Crippen LogP contribution in [0.2, 0.25) is 0 Å². The number of carbonyl (C=O) groups is 1. The number of aromatic nitrogens is 1. The molecule has 0 aliphatic carbocycles. The molecule has 98 valence electrons. The van der Waals surface area contributed by atoms with Gasteiger partial charge < -0.3 is 9.30 Å². The van der Waals surface area contributed by atoms with E-state index in [9.17, 15) is 14.9 Å². The van der Waals surface area contributed by atoms with Crippen molar-refractivity contribution in [1.29, 1.82) is 0 Å². The minimum atomic E-state index is -0.715. The monoisotopic (exact) mass is 260 g/mol. The number of methoxy groups -OCH3 is 1. The maximum absolute atomic E-state index is 11.7. The van der Waals surface area contributed by atoms with Crippen LogP contribution in [0, 0.1) is 10.1 Å². The molecule has 0 saturated carbocycles. The molecule has 1 aromatic carbocycles. The van der Waals surface area contributed by atoms with E-state index in [1.807, 2.05) is 30.3 Å². The molecule has 2 aromatic rings. The molecule has 0 unspecified atom stereocenters. The highest BCUT2D eigenvalue weighted by atomic mass is 16.6. The van der Waals surface area contributed by atoms with Gasteiger partial charge in [-0.3, -0.25) is 10.1 Å². The van der Waals surface area contributed by atoms with Crippen molar-refractivity contribution < 1.29 is 14.5 Å². The molecule has 0 aliphatic heterocycles. The molecule has 0 amide bonds. The number of ether oxygens (including phenoxy) is 1. The molecule has 0 N–H and O–H groups in total. The lowest BCUT2D eigenvalue weighted by molar-refractivity contribution is -0.385. The first-order valence-corrected chi connectivity index (χ1v) is 5.59. The summed E-state index contributed by atoms with van der Waals surface area (Å²) < 4.78 is 6.11. The normalized spacial score (nSPS) is 10.2. The van der Waals surface area contributed by atoms with Crippen molar-refractivity contribution in [3.63, 3.8) is 0 Å². The molecule has 0 fully saturated rings. The molecule has 0 aliphatic rings. The Balaban J connectivity index is 2.41. The predicted octanol–water partition coefficient (Wildman–Crippen LogP) is 2.23. The summed E-state index contributed by atoms with van der Waals surface area (Å²) in [7, 11) is 1.20. The van der Waals surface area contributed by atoms with Crippen LogP contribution in [0.5, 0.6) is 0 Å². The van der Waals surface area contributed by atoms with Gasteiger partial charge in [-0.25, -0.2) is 4.79 Å². The average Bonchev–Trinajstić information content (AvgIpc) is 2.83. The summed E-state index contributed by atoms with van der Waals surface area (Å²) in [6.07, 6.45) is 1.51. The number of benzene rings is 1. The van der Waals surface area contributed by atoms with E-state index in [0.29, 0.717) is 6.54 Å². The maximum Gasteiger partial charge on any atom is 0.361 e. The first kappa shape index (κ1) is 12.8. The van der Waals surface area contributed by atoms with E-state index >= 15 is 0 Å². The Bertz CT molecular complexity index is 604. The smallest absolute Gasteiger partial charge is 0.361 e. The second-order valence-corrected chi connectivity index (χ2v) is 3.91. The zero-order valence-electron chi connectivity index (χ0n) is 10.3. The number of carbonyl (C=O) groups excluding carboxylic acids is 1. The second-order valence-electron chi connectivity index (χ2n) is 3.91. The van der Waals surface area contributed by atoms with Gasteiger partial charge in [0.1, 0.15) is 0 Å². The van der Waals surface area contributed by atoms with E-state index in [1.165, 1.54) is 23.9 Å². The summed E-state index contributed by atoms with van der Waals surface area (Å²) in [5.74, 6) is -0.715. The summed E-state index contributed by atoms with van der Waals surface area (Å²) in [4.78, 5) is 22.0. The summed E-state index contributed by atoms with van der Waals surface area (Å²) in [6.45, 7) is 0.374. The van der Waals surface area contributed by atoms with Crippen molar-refractivity contribution >= 4 is 11.7 Å². The van der Waals surface area contributed by atoms with Crippen molar-refractivity contribution in [3.05, 3.63) is 64.0 Å². The van der Waals surface area contributed by atoms with Gasteiger partial charge in [0.2, 0.25) is 5.69 Å². The van der Waals surface area contributed by atoms with Gasteiger partial charge in [0.05, 0.1) is 12.0 Å². The number of hydrogen-bond donors (Lipinski definition) is 0. The number of nitrogens with zero attached hydrogens (tertiary/aromatic N) is 2. The number of rotatable bonds is 4. The molecule has 0 saturated heterocycles. The molecular formula is C13H12N2O4. The van der Waals surface area contributed by atoms with Crippen molar-refractivity contribution in [2.45, 2.75) is 6.54 Å². The zero-order valence-corrected chi connectivity index (χ0v) is 10.3. The van der Waals surface area contributed by atoms with Gasteiger partial charge in [-0.05, 0) is 5.56 Å². The van der Waals surface area contributed by atoms with Crippen molar-refractivity contribution in [3.8, 4) is 0 Å². The van der Waals surface area contributed by atoms with Crippen molar-refractivity contribution in [2.24, 2.45) is 0 Å². The Morgan fingerprint density at radius 1 is 1.32 bits per heavy atom. The SMILES string of the molecule is COC(=O)c1c([N+](=O)[O-])ccn1Cc1ccccc1. The van der Waals surface area contributed by atoms with Crippen molar-refractivity contribution in [2.75, 3.05) is 7.11 Å². The first-order chi connectivity index (χ1) is 9.13.